The van der Waals surface area contributed by atoms with Gasteiger partial charge in [-0.25, -0.2) is 0 Å². The van der Waals surface area contributed by atoms with Gasteiger partial charge in [0.15, 0.2) is 0 Å². The topological polar surface area (TPSA) is 123 Å². The summed E-state index contributed by atoms with van der Waals surface area (Å²) in [7, 11) is 0. The zero-order chi connectivity index (χ0) is 22.1. The lowest BCUT2D eigenvalue weighted by Crippen LogP contribution is -2.24. The Kier molecular flexibility index (Phi) is 5.26. The van der Waals surface area contributed by atoms with Crippen LogP contribution in [-0.4, -0.2) is 32.2 Å². The lowest BCUT2D eigenvalue weighted by molar-refractivity contribution is -0.385. The Morgan fingerprint density at radius 1 is 0.903 bits per heavy atom. The number of nitro groups is 2. The summed E-state index contributed by atoms with van der Waals surface area (Å²) in [4.78, 5) is 21.4. The third-order valence-corrected chi connectivity index (χ3v) is 5.24. The van der Waals surface area contributed by atoms with Crippen LogP contribution in [0.5, 0.6) is 0 Å². The molecule has 158 valence electrons. The van der Waals surface area contributed by atoms with Crippen LogP contribution in [-0.2, 0) is 6.54 Å². The minimum atomic E-state index is -0.759. The van der Waals surface area contributed by atoms with Crippen LogP contribution in [0.1, 0.15) is 5.56 Å². The highest BCUT2D eigenvalue weighted by Crippen LogP contribution is 2.34. The highest BCUT2D eigenvalue weighted by molar-refractivity contribution is 6.09. The lowest BCUT2D eigenvalue weighted by Gasteiger charge is -2.15. The van der Waals surface area contributed by atoms with Gasteiger partial charge in [0.2, 0.25) is 0 Å². The number of nitrogens with zero attached hydrogens (tertiary/aromatic N) is 3. The summed E-state index contributed by atoms with van der Waals surface area (Å²) < 4.78 is 1.83. The number of nitrogens with one attached hydrogen (secondary N) is 1. The summed E-state index contributed by atoms with van der Waals surface area (Å²) in [6.45, 7) is 2.51. The molecule has 0 saturated carbocycles. The molecule has 1 heterocycles. The van der Waals surface area contributed by atoms with Gasteiger partial charge in [0, 0.05) is 58.3 Å². The van der Waals surface area contributed by atoms with Gasteiger partial charge >= 0.3 is 0 Å². The Labute approximate surface area is 176 Å². The smallest absolute Gasteiger partial charge is 0.270 e. The molecule has 1 aromatic heterocycles. The van der Waals surface area contributed by atoms with Crippen molar-refractivity contribution in [2.24, 2.45) is 0 Å². The SMILES string of the molecule is Cc1ccc(NCC(O)Cn2c3ccc([N+](=O)[O-])cc3c3cc([N+](=O)[O-])ccc32)cc1. The van der Waals surface area contributed by atoms with Crippen molar-refractivity contribution in [2.45, 2.75) is 19.6 Å². The number of nitro benzene ring substituents is 2. The van der Waals surface area contributed by atoms with Crippen molar-refractivity contribution < 1.29 is 15.0 Å². The van der Waals surface area contributed by atoms with E-state index in [0.29, 0.717) is 28.4 Å². The van der Waals surface area contributed by atoms with Gasteiger partial charge in [-0.05, 0) is 31.2 Å². The van der Waals surface area contributed by atoms with Crippen molar-refractivity contribution in [1.82, 2.24) is 4.57 Å². The first-order chi connectivity index (χ1) is 14.8. The van der Waals surface area contributed by atoms with E-state index in [4.69, 9.17) is 0 Å². The van der Waals surface area contributed by atoms with Crippen LogP contribution in [0.2, 0.25) is 0 Å². The second kappa shape index (κ2) is 8.04. The van der Waals surface area contributed by atoms with Crippen molar-refractivity contribution in [3.63, 3.8) is 0 Å². The Hall–Kier alpha value is -3.98. The average molecular weight is 420 g/mol. The van der Waals surface area contributed by atoms with E-state index in [0.717, 1.165) is 11.3 Å². The second-order valence-electron chi connectivity index (χ2n) is 7.43. The molecule has 0 aliphatic heterocycles. The molecule has 0 radical (unpaired) electrons. The predicted octanol–water partition coefficient (Wildman–Crippen LogP) is 4.39. The van der Waals surface area contributed by atoms with Gasteiger partial charge in [0.1, 0.15) is 0 Å². The maximum Gasteiger partial charge on any atom is 0.270 e. The molecule has 2 N–H and O–H groups in total. The molecule has 0 aliphatic rings. The van der Waals surface area contributed by atoms with Gasteiger partial charge in [0.25, 0.3) is 11.4 Å². The zero-order valence-electron chi connectivity index (χ0n) is 16.7. The van der Waals surface area contributed by atoms with Crippen molar-refractivity contribution in [2.75, 3.05) is 11.9 Å². The summed E-state index contributed by atoms with van der Waals surface area (Å²) in [5, 5.41) is 37.3. The quantitative estimate of drug-likeness (QED) is 0.337. The van der Waals surface area contributed by atoms with E-state index in [1.165, 1.54) is 24.3 Å². The van der Waals surface area contributed by atoms with Crippen LogP contribution in [0.25, 0.3) is 21.8 Å². The average Bonchev–Trinajstić information content (AvgIpc) is 3.05. The van der Waals surface area contributed by atoms with Crippen molar-refractivity contribution in [3.8, 4) is 0 Å². The molecule has 4 aromatic rings. The second-order valence-corrected chi connectivity index (χ2v) is 7.43. The highest BCUT2D eigenvalue weighted by Gasteiger charge is 2.19. The summed E-state index contributed by atoms with van der Waals surface area (Å²) in [5.74, 6) is 0. The number of anilines is 1. The summed E-state index contributed by atoms with van der Waals surface area (Å²) in [5.41, 5.74) is 3.16. The Morgan fingerprint density at radius 3 is 1.90 bits per heavy atom. The standard InChI is InChI=1S/C22H20N4O5/c1-14-2-4-15(5-3-14)23-12-18(27)13-24-21-8-6-16(25(28)29)10-19(21)20-11-17(26(30)31)7-9-22(20)24/h2-11,18,23,27H,12-13H2,1H3. The molecule has 0 fully saturated rings. The van der Waals surface area contributed by atoms with Crippen molar-refractivity contribution in [1.29, 1.82) is 0 Å². The van der Waals surface area contributed by atoms with Gasteiger partial charge in [-0.3, -0.25) is 20.2 Å². The van der Waals surface area contributed by atoms with Crippen LogP contribution in [0.3, 0.4) is 0 Å². The summed E-state index contributed by atoms with van der Waals surface area (Å²) in [6.07, 6.45) is -0.759. The molecule has 0 spiro atoms. The molecule has 1 atom stereocenters. The van der Waals surface area contributed by atoms with Crippen LogP contribution < -0.4 is 5.32 Å². The third kappa shape index (κ3) is 4.03. The number of aryl methyl sites for hydroxylation is 1. The molecular formula is C22H20N4O5. The number of rotatable bonds is 7. The fourth-order valence-electron chi connectivity index (χ4n) is 3.69. The van der Waals surface area contributed by atoms with Gasteiger partial charge < -0.3 is 15.0 Å². The van der Waals surface area contributed by atoms with E-state index in [9.17, 15) is 25.3 Å². The first-order valence-corrected chi connectivity index (χ1v) is 9.67. The van der Waals surface area contributed by atoms with Crippen molar-refractivity contribution >= 4 is 38.9 Å². The molecule has 1 unspecified atom stereocenters. The van der Waals surface area contributed by atoms with E-state index in [2.05, 4.69) is 5.32 Å². The Balaban J connectivity index is 1.70. The van der Waals surface area contributed by atoms with Crippen LogP contribution in [0.15, 0.2) is 60.7 Å². The Bertz CT molecular complexity index is 1230. The van der Waals surface area contributed by atoms with Gasteiger partial charge in [-0.2, -0.15) is 0 Å². The normalized spacial score (nSPS) is 12.2. The molecule has 4 rings (SSSR count). The number of hydrogen-bond donors (Lipinski definition) is 2. The fraction of sp³-hybridized carbons (Fsp3) is 0.182. The van der Waals surface area contributed by atoms with Gasteiger partial charge in [-0.1, -0.05) is 17.7 Å². The molecular weight excluding hydrogens is 400 g/mol. The number of aliphatic hydroxyl groups excluding tert-OH is 1. The van der Waals surface area contributed by atoms with E-state index in [1.54, 1.807) is 12.1 Å². The summed E-state index contributed by atoms with van der Waals surface area (Å²) >= 11 is 0. The largest absolute Gasteiger partial charge is 0.389 e. The van der Waals surface area contributed by atoms with Crippen LogP contribution >= 0.6 is 0 Å². The minimum Gasteiger partial charge on any atom is -0.389 e. The van der Waals surface area contributed by atoms with Gasteiger partial charge in [0.05, 0.1) is 22.5 Å². The minimum absolute atomic E-state index is 0.0976. The van der Waals surface area contributed by atoms with E-state index in [1.807, 2.05) is 35.8 Å². The predicted molar refractivity (Wildman–Crippen MR) is 118 cm³/mol. The first-order valence-electron chi connectivity index (χ1n) is 9.67. The molecule has 3 aromatic carbocycles. The maximum absolute atomic E-state index is 11.2. The number of hydrogen-bond acceptors (Lipinski definition) is 6. The molecule has 31 heavy (non-hydrogen) atoms. The van der Waals surface area contributed by atoms with E-state index in [-0.39, 0.29) is 17.9 Å². The molecule has 0 aliphatic carbocycles. The molecule has 0 amide bonds. The summed E-state index contributed by atoms with van der Waals surface area (Å²) in [6, 6.07) is 16.6. The van der Waals surface area contributed by atoms with Crippen LogP contribution in [0, 0.1) is 27.2 Å². The monoisotopic (exact) mass is 420 g/mol. The number of non-ortho nitro benzene ring substituents is 2. The highest BCUT2D eigenvalue weighted by atomic mass is 16.6. The number of aromatic nitrogens is 1. The van der Waals surface area contributed by atoms with E-state index >= 15 is 0 Å². The molecule has 9 heteroatoms. The van der Waals surface area contributed by atoms with Crippen LogP contribution in [0.4, 0.5) is 17.1 Å². The number of aliphatic hydroxyl groups is 1. The molecule has 9 nitrogen and oxygen atoms in total. The Morgan fingerprint density at radius 2 is 1.42 bits per heavy atom. The van der Waals surface area contributed by atoms with Gasteiger partial charge in [-0.15, -0.1) is 0 Å². The third-order valence-electron chi connectivity index (χ3n) is 5.24. The zero-order valence-corrected chi connectivity index (χ0v) is 16.7. The number of fused-ring (bicyclic) bond motifs is 3. The molecule has 0 bridgehead atoms. The maximum atomic E-state index is 11.2. The van der Waals surface area contributed by atoms with E-state index < -0.39 is 16.0 Å². The first kappa shape index (κ1) is 20.3. The lowest BCUT2D eigenvalue weighted by atomic mass is 10.1. The fourth-order valence-corrected chi connectivity index (χ4v) is 3.69. The molecule has 0 saturated heterocycles. The van der Waals surface area contributed by atoms with Crippen molar-refractivity contribution in [3.05, 3.63) is 86.5 Å². The number of benzene rings is 3.